The number of halogens is 2. The molecule has 1 aromatic rings. The van der Waals surface area contributed by atoms with Crippen molar-refractivity contribution in [2.75, 3.05) is 13.2 Å². The van der Waals surface area contributed by atoms with Gasteiger partial charge in [0.2, 0.25) is 0 Å². The van der Waals surface area contributed by atoms with Crippen LogP contribution in [0.3, 0.4) is 0 Å². The zero-order valence-corrected chi connectivity index (χ0v) is 10.4. The summed E-state index contributed by atoms with van der Waals surface area (Å²) in [7, 11) is 0. The van der Waals surface area contributed by atoms with Crippen molar-refractivity contribution in [1.29, 1.82) is 0 Å². The van der Waals surface area contributed by atoms with Crippen LogP contribution < -0.4 is 20.5 Å². The lowest BCUT2D eigenvalue weighted by Gasteiger charge is -2.16. The van der Waals surface area contributed by atoms with Crippen molar-refractivity contribution in [3.05, 3.63) is 23.8 Å². The van der Waals surface area contributed by atoms with E-state index in [2.05, 4.69) is 15.0 Å². The molecule has 2 rings (SSSR count). The molecule has 0 radical (unpaired) electrons. The number of rotatable bonds is 5. The Balaban J connectivity index is 2.20. The van der Waals surface area contributed by atoms with Gasteiger partial charge in [0.15, 0.2) is 17.5 Å². The second-order valence-corrected chi connectivity index (χ2v) is 3.94. The van der Waals surface area contributed by atoms with Gasteiger partial charge in [-0.15, -0.1) is 0 Å². The van der Waals surface area contributed by atoms with Gasteiger partial charge in [0, 0.05) is 0 Å². The summed E-state index contributed by atoms with van der Waals surface area (Å²) in [6, 6.07) is 4.74. The monoisotopic (exact) mass is 271 g/mol. The number of nitrogens with two attached hydrogens (primary N) is 1. The maximum atomic E-state index is 12.3. The fourth-order valence-electron chi connectivity index (χ4n) is 1.85. The van der Waals surface area contributed by atoms with E-state index in [0.717, 1.165) is 5.56 Å². The zero-order chi connectivity index (χ0) is 13.8. The van der Waals surface area contributed by atoms with Gasteiger partial charge in [0.25, 0.3) is 0 Å². The van der Waals surface area contributed by atoms with E-state index in [1.54, 1.807) is 19.1 Å². The van der Waals surface area contributed by atoms with E-state index in [4.69, 9.17) is 10.5 Å². The topological polar surface area (TPSA) is 68.9 Å². The Kier molecular flexibility index (Phi) is 4.03. The first-order valence-corrected chi connectivity index (χ1v) is 5.88. The third-order valence-electron chi connectivity index (χ3n) is 2.65. The minimum Gasteiger partial charge on any atom is -0.490 e. The normalized spacial score (nSPS) is 18.1. The van der Waals surface area contributed by atoms with Crippen LogP contribution in [0.25, 0.3) is 0 Å². The van der Waals surface area contributed by atoms with Gasteiger partial charge in [-0.05, 0) is 24.6 Å². The van der Waals surface area contributed by atoms with Crippen molar-refractivity contribution in [3.63, 3.8) is 0 Å². The second-order valence-electron chi connectivity index (χ2n) is 3.94. The third-order valence-corrected chi connectivity index (χ3v) is 2.65. The summed E-state index contributed by atoms with van der Waals surface area (Å²) in [4.78, 5) is 4.03. The molecule has 0 saturated carbocycles. The number of ether oxygens (including phenoxy) is 2. The summed E-state index contributed by atoms with van der Waals surface area (Å²) in [5, 5.41) is 2.98. The fraction of sp³-hybridized carbons (Fsp3) is 0.417. The zero-order valence-electron chi connectivity index (χ0n) is 10.4. The first-order valence-electron chi connectivity index (χ1n) is 5.88. The van der Waals surface area contributed by atoms with Crippen LogP contribution >= 0.6 is 0 Å². The molecule has 5 nitrogen and oxygen atoms in total. The number of hydrogen-bond acceptors (Lipinski definition) is 5. The smallest absolute Gasteiger partial charge is 0.387 e. The van der Waals surface area contributed by atoms with E-state index in [1.807, 2.05) is 0 Å². The predicted octanol–water partition coefficient (Wildman–Crippen LogP) is 1.65. The van der Waals surface area contributed by atoms with Crippen LogP contribution in [0.5, 0.6) is 11.5 Å². The largest absolute Gasteiger partial charge is 0.490 e. The number of nitrogens with one attached hydrogen (secondary N) is 1. The Morgan fingerprint density at radius 3 is 2.84 bits per heavy atom. The molecule has 19 heavy (non-hydrogen) atoms. The molecule has 104 valence electrons. The highest BCUT2D eigenvalue weighted by molar-refractivity contribution is 5.80. The first-order chi connectivity index (χ1) is 9.10. The molecular weight excluding hydrogens is 256 g/mol. The van der Waals surface area contributed by atoms with Crippen LogP contribution in [-0.2, 0) is 0 Å². The van der Waals surface area contributed by atoms with Gasteiger partial charge in [-0.25, -0.2) is 0 Å². The molecule has 1 aliphatic heterocycles. The number of benzene rings is 1. The van der Waals surface area contributed by atoms with Gasteiger partial charge >= 0.3 is 6.61 Å². The van der Waals surface area contributed by atoms with Crippen molar-refractivity contribution in [3.8, 4) is 11.5 Å². The summed E-state index contributed by atoms with van der Waals surface area (Å²) >= 11 is 0. The number of hydrogen-bond donors (Lipinski definition) is 2. The quantitative estimate of drug-likeness (QED) is 0.854. The molecule has 0 aliphatic carbocycles. The Morgan fingerprint density at radius 1 is 1.47 bits per heavy atom. The van der Waals surface area contributed by atoms with Crippen molar-refractivity contribution < 1.29 is 18.3 Å². The van der Waals surface area contributed by atoms with E-state index >= 15 is 0 Å². The van der Waals surface area contributed by atoms with Gasteiger partial charge in [-0.1, -0.05) is 6.07 Å². The van der Waals surface area contributed by atoms with E-state index in [9.17, 15) is 8.78 Å². The van der Waals surface area contributed by atoms with Crippen molar-refractivity contribution in [1.82, 2.24) is 5.32 Å². The number of nitrogens with zero attached hydrogens (tertiary/aromatic N) is 1. The molecule has 0 amide bonds. The lowest BCUT2D eigenvalue weighted by atomic mass is 10.1. The lowest BCUT2D eigenvalue weighted by molar-refractivity contribution is -0.0514. The molecule has 1 unspecified atom stereocenters. The van der Waals surface area contributed by atoms with Gasteiger partial charge in [0.05, 0.1) is 19.2 Å². The summed E-state index contributed by atoms with van der Waals surface area (Å²) in [6.07, 6.45) is 0. The Bertz CT molecular complexity index is 480. The van der Waals surface area contributed by atoms with Crippen LogP contribution in [0.1, 0.15) is 18.5 Å². The average molecular weight is 271 g/mol. The molecule has 0 saturated heterocycles. The maximum absolute atomic E-state index is 12.3. The number of guanidine groups is 1. The van der Waals surface area contributed by atoms with Crippen molar-refractivity contribution in [2.24, 2.45) is 10.7 Å². The molecule has 0 fully saturated rings. The van der Waals surface area contributed by atoms with Crippen molar-refractivity contribution >= 4 is 5.96 Å². The first kappa shape index (κ1) is 13.4. The fourth-order valence-corrected chi connectivity index (χ4v) is 1.85. The molecule has 0 bridgehead atoms. The summed E-state index contributed by atoms with van der Waals surface area (Å²) < 4.78 is 34.3. The van der Waals surface area contributed by atoms with Gasteiger partial charge in [-0.2, -0.15) is 8.78 Å². The molecular formula is C12H15F2N3O2. The molecule has 0 spiro atoms. The molecule has 0 aromatic heterocycles. The highest BCUT2D eigenvalue weighted by Gasteiger charge is 2.20. The second kappa shape index (κ2) is 5.73. The third kappa shape index (κ3) is 3.24. The van der Waals surface area contributed by atoms with Crippen LogP contribution in [0.2, 0.25) is 0 Å². The molecule has 1 atom stereocenters. The Labute approximate surface area is 109 Å². The Hall–Kier alpha value is -2.05. The van der Waals surface area contributed by atoms with E-state index in [0.29, 0.717) is 19.1 Å². The highest BCUT2D eigenvalue weighted by atomic mass is 19.3. The average Bonchev–Trinajstić information content (AvgIpc) is 2.78. The van der Waals surface area contributed by atoms with Gasteiger partial charge < -0.3 is 20.5 Å². The molecule has 1 aromatic carbocycles. The molecule has 7 heteroatoms. The Morgan fingerprint density at radius 2 is 2.26 bits per heavy atom. The van der Waals surface area contributed by atoms with Gasteiger partial charge in [0.1, 0.15) is 0 Å². The minimum absolute atomic E-state index is 0.0208. The summed E-state index contributed by atoms with van der Waals surface area (Å²) in [5.74, 6) is 0.677. The summed E-state index contributed by atoms with van der Waals surface area (Å²) in [5.41, 5.74) is 6.39. The maximum Gasteiger partial charge on any atom is 0.387 e. The van der Waals surface area contributed by atoms with E-state index in [-0.39, 0.29) is 17.5 Å². The molecule has 1 heterocycles. The van der Waals surface area contributed by atoms with Gasteiger partial charge in [-0.3, -0.25) is 4.99 Å². The van der Waals surface area contributed by atoms with Crippen LogP contribution in [-0.4, -0.2) is 25.7 Å². The van der Waals surface area contributed by atoms with E-state index < -0.39 is 6.61 Å². The lowest BCUT2D eigenvalue weighted by Crippen LogP contribution is -2.29. The minimum atomic E-state index is -2.88. The van der Waals surface area contributed by atoms with Crippen LogP contribution in [0.15, 0.2) is 23.2 Å². The SMILES string of the molecule is CCOc1cc(C2CN=C(N)N2)ccc1OC(F)F. The molecule has 3 N–H and O–H groups in total. The number of aliphatic imine (C=N–C) groups is 1. The van der Waals surface area contributed by atoms with Crippen LogP contribution in [0.4, 0.5) is 8.78 Å². The number of alkyl halides is 2. The van der Waals surface area contributed by atoms with Crippen molar-refractivity contribution in [2.45, 2.75) is 19.6 Å². The predicted molar refractivity (Wildman–Crippen MR) is 66.6 cm³/mol. The standard InChI is InChI=1S/C12H15F2N3O2/c1-2-18-10-5-7(8-6-16-12(15)17-8)3-4-9(10)19-11(13)14/h3-5,8,11H,2,6H2,1H3,(H3,15,16,17). The molecule has 1 aliphatic rings. The summed E-state index contributed by atoms with van der Waals surface area (Å²) in [6.45, 7) is -0.242. The van der Waals surface area contributed by atoms with E-state index in [1.165, 1.54) is 6.07 Å². The van der Waals surface area contributed by atoms with Crippen LogP contribution in [0, 0.1) is 0 Å². The highest BCUT2D eigenvalue weighted by Crippen LogP contribution is 2.32.